The number of ether oxygens (including phenoxy) is 4. The Bertz CT molecular complexity index is 1950. The van der Waals surface area contributed by atoms with Crippen molar-refractivity contribution >= 4 is 39.5 Å². The van der Waals surface area contributed by atoms with Crippen molar-refractivity contribution in [1.82, 2.24) is 0 Å². The molecule has 0 rings (SSSR count). The van der Waals surface area contributed by atoms with Crippen LogP contribution in [0.5, 0.6) is 0 Å². The summed E-state index contributed by atoms with van der Waals surface area (Å²) in [7, 11) is -9.92. The van der Waals surface area contributed by atoms with E-state index in [1.165, 1.54) is 193 Å². The molecular formula is C78H148O17P2. The normalized spacial score (nSPS) is 14.1. The predicted molar refractivity (Wildman–Crippen MR) is 395 cm³/mol. The third kappa shape index (κ3) is 71.7. The fraction of sp³-hybridized carbons (Fsp3) is 0.897. The molecule has 0 aromatic rings. The highest BCUT2D eigenvalue weighted by atomic mass is 31.2. The number of allylic oxidation sites excluding steroid dienone is 4. The fourth-order valence-electron chi connectivity index (χ4n) is 11.5. The van der Waals surface area contributed by atoms with Gasteiger partial charge in [-0.25, -0.2) is 9.13 Å². The molecule has 0 saturated heterocycles. The van der Waals surface area contributed by atoms with Gasteiger partial charge in [0.1, 0.15) is 19.3 Å². The third-order valence-electron chi connectivity index (χ3n) is 17.7. The van der Waals surface area contributed by atoms with Crippen molar-refractivity contribution in [3.63, 3.8) is 0 Å². The Morgan fingerprint density at radius 2 is 0.557 bits per heavy atom. The number of hydrogen-bond acceptors (Lipinski definition) is 15. The molecule has 5 atom stereocenters. The lowest BCUT2D eigenvalue weighted by Gasteiger charge is -2.21. The molecule has 0 aliphatic heterocycles. The summed E-state index contributed by atoms with van der Waals surface area (Å²) in [5, 5.41) is 10.6. The van der Waals surface area contributed by atoms with Crippen LogP contribution in [0, 0.1) is 5.92 Å². The van der Waals surface area contributed by atoms with Gasteiger partial charge < -0.3 is 33.8 Å². The van der Waals surface area contributed by atoms with E-state index in [-0.39, 0.29) is 25.7 Å². The van der Waals surface area contributed by atoms with Crippen LogP contribution in [0.15, 0.2) is 24.3 Å². The smallest absolute Gasteiger partial charge is 0.462 e. The number of phosphoric acid groups is 2. The van der Waals surface area contributed by atoms with E-state index in [2.05, 4.69) is 58.9 Å². The number of rotatable bonds is 76. The molecule has 0 amide bonds. The summed E-state index contributed by atoms with van der Waals surface area (Å²) in [6.45, 7) is 7.26. The minimum atomic E-state index is -4.97. The van der Waals surface area contributed by atoms with Crippen molar-refractivity contribution in [2.24, 2.45) is 5.92 Å². The molecule has 2 unspecified atom stereocenters. The Hall–Kier alpha value is -2.46. The Morgan fingerprint density at radius 1 is 0.320 bits per heavy atom. The lowest BCUT2D eigenvalue weighted by atomic mass is 10.0. The van der Waals surface area contributed by atoms with Crippen LogP contribution in [-0.4, -0.2) is 96.7 Å². The van der Waals surface area contributed by atoms with Crippen LogP contribution >= 0.6 is 15.6 Å². The quantitative estimate of drug-likeness (QED) is 0.0169. The number of phosphoric ester groups is 2. The first-order chi connectivity index (χ1) is 47.0. The highest BCUT2D eigenvalue weighted by Crippen LogP contribution is 2.45. The van der Waals surface area contributed by atoms with E-state index in [9.17, 15) is 43.2 Å². The van der Waals surface area contributed by atoms with Crippen LogP contribution in [-0.2, 0) is 65.4 Å². The number of aliphatic hydroxyl groups is 1. The monoisotopic (exact) mass is 1420 g/mol. The number of aliphatic hydroxyl groups excluding tert-OH is 1. The van der Waals surface area contributed by atoms with Crippen molar-refractivity contribution in [1.29, 1.82) is 0 Å². The summed E-state index contributed by atoms with van der Waals surface area (Å²) >= 11 is 0. The summed E-state index contributed by atoms with van der Waals surface area (Å²) < 4.78 is 68.5. The summed E-state index contributed by atoms with van der Waals surface area (Å²) in [6, 6.07) is 0. The predicted octanol–water partition coefficient (Wildman–Crippen LogP) is 22.8. The molecular weight excluding hydrogens is 1270 g/mol. The summed E-state index contributed by atoms with van der Waals surface area (Å²) in [6.07, 6.45) is 63.1. The molecule has 0 aliphatic carbocycles. The van der Waals surface area contributed by atoms with Crippen LogP contribution in [0.4, 0.5) is 0 Å². The first-order valence-electron chi connectivity index (χ1n) is 40.0. The molecule has 19 heteroatoms. The maximum absolute atomic E-state index is 13.1. The number of unbranched alkanes of at least 4 members (excludes halogenated alkanes) is 45. The third-order valence-corrected chi connectivity index (χ3v) is 19.6. The molecule has 97 heavy (non-hydrogen) atoms. The van der Waals surface area contributed by atoms with Crippen molar-refractivity contribution in [3.8, 4) is 0 Å². The largest absolute Gasteiger partial charge is 0.472 e. The standard InChI is InChI=1S/C78H148O17P2/c1-6-9-12-15-18-21-24-26-29-34-37-42-47-52-57-62-76(81)89-68-74(95-78(83)64-59-54-49-44-39-35-31-28-30-32-36-40-45-50-55-60-71(4)5)70-93-97(86,87)91-66-72(79)65-90-96(84,85)92-69-73(67-88-75(80)61-56-51-46-41-23-20-17-14-11-8-3)94-77(82)63-58-53-48-43-38-33-27-25-22-19-16-13-10-7-2/h21,24,26,29,71-74,79H,6-20,22-23,25,27-28,30-70H2,1-5H3,(H,84,85)(H,86,87)/b24-21-,29-26-/t72-,73+,74+/m0/s1. The maximum atomic E-state index is 13.1. The summed E-state index contributed by atoms with van der Waals surface area (Å²) in [4.78, 5) is 72.9. The lowest BCUT2D eigenvalue weighted by Crippen LogP contribution is -2.30. The van der Waals surface area contributed by atoms with Gasteiger partial charge in [0.05, 0.1) is 26.4 Å². The van der Waals surface area contributed by atoms with Gasteiger partial charge in [-0.3, -0.25) is 37.3 Å². The molecule has 0 radical (unpaired) electrons. The van der Waals surface area contributed by atoms with Crippen LogP contribution in [0.3, 0.4) is 0 Å². The van der Waals surface area contributed by atoms with Gasteiger partial charge in [-0.05, 0) is 57.3 Å². The fourth-order valence-corrected chi connectivity index (χ4v) is 13.1. The molecule has 0 spiro atoms. The number of hydrogen-bond donors (Lipinski definition) is 3. The van der Waals surface area contributed by atoms with Gasteiger partial charge in [0.25, 0.3) is 0 Å². The molecule has 572 valence electrons. The maximum Gasteiger partial charge on any atom is 0.472 e. The van der Waals surface area contributed by atoms with Gasteiger partial charge in [-0.1, -0.05) is 335 Å². The zero-order valence-corrected chi connectivity index (χ0v) is 64.5. The lowest BCUT2D eigenvalue weighted by molar-refractivity contribution is -0.161. The average molecular weight is 1420 g/mol. The van der Waals surface area contributed by atoms with E-state index >= 15 is 0 Å². The van der Waals surface area contributed by atoms with E-state index in [0.717, 1.165) is 115 Å². The van der Waals surface area contributed by atoms with Crippen molar-refractivity contribution < 1.29 is 80.2 Å². The van der Waals surface area contributed by atoms with Crippen LogP contribution in [0.1, 0.15) is 388 Å². The second-order valence-corrected chi connectivity index (χ2v) is 30.8. The molecule has 0 saturated carbocycles. The topological polar surface area (TPSA) is 237 Å². The van der Waals surface area contributed by atoms with Gasteiger partial charge in [0.15, 0.2) is 12.2 Å². The second-order valence-electron chi connectivity index (χ2n) is 27.9. The van der Waals surface area contributed by atoms with Crippen LogP contribution in [0.2, 0.25) is 0 Å². The van der Waals surface area contributed by atoms with Crippen molar-refractivity contribution in [3.05, 3.63) is 24.3 Å². The van der Waals surface area contributed by atoms with Gasteiger partial charge in [-0.2, -0.15) is 0 Å². The first-order valence-corrected chi connectivity index (χ1v) is 42.9. The SMILES string of the molecule is CCCCCC/C=C\C=C/CCCCCCCC(=O)OC[C@H](COP(=O)(O)OC[C@@H](O)COP(=O)(O)OC[C@@H](COC(=O)CCCCCCCCCCCC)OC(=O)CCCCCCCCCCCCCCCC)OC(=O)CCCCCCCCCCCCCCCCCC(C)C. The van der Waals surface area contributed by atoms with E-state index in [0.29, 0.717) is 25.7 Å². The van der Waals surface area contributed by atoms with Crippen molar-refractivity contribution in [2.45, 2.75) is 406 Å². The number of carbonyl (C=O) groups is 4. The Labute approximate surface area is 592 Å². The molecule has 0 aliphatic rings. The Morgan fingerprint density at radius 3 is 0.845 bits per heavy atom. The first kappa shape index (κ1) is 94.5. The molecule has 3 N–H and O–H groups in total. The van der Waals surface area contributed by atoms with Gasteiger partial charge in [-0.15, -0.1) is 0 Å². The number of carbonyl (C=O) groups excluding carboxylic acids is 4. The van der Waals surface area contributed by atoms with E-state index in [4.69, 9.17) is 37.0 Å². The highest BCUT2D eigenvalue weighted by Gasteiger charge is 2.30. The zero-order chi connectivity index (χ0) is 71.2. The summed E-state index contributed by atoms with van der Waals surface area (Å²) in [5.74, 6) is -1.34. The minimum absolute atomic E-state index is 0.101. The minimum Gasteiger partial charge on any atom is -0.462 e. The number of esters is 4. The molecule has 0 aromatic heterocycles. The average Bonchev–Trinajstić information content (AvgIpc) is 2.39. The second kappa shape index (κ2) is 70.6. The molecule has 17 nitrogen and oxygen atoms in total. The van der Waals surface area contributed by atoms with E-state index < -0.39 is 97.5 Å². The van der Waals surface area contributed by atoms with Crippen molar-refractivity contribution in [2.75, 3.05) is 39.6 Å². The molecule has 0 heterocycles. The molecule has 0 aromatic carbocycles. The Balaban J connectivity index is 5.27. The van der Waals surface area contributed by atoms with Crippen LogP contribution < -0.4 is 0 Å². The van der Waals surface area contributed by atoms with Gasteiger partial charge in [0, 0.05) is 25.7 Å². The molecule has 0 fully saturated rings. The highest BCUT2D eigenvalue weighted by molar-refractivity contribution is 7.47. The van der Waals surface area contributed by atoms with Gasteiger partial charge >= 0.3 is 39.5 Å². The summed E-state index contributed by atoms with van der Waals surface area (Å²) in [5.41, 5.74) is 0. The van der Waals surface area contributed by atoms with Gasteiger partial charge in [0.2, 0.25) is 0 Å². The Kier molecular flexibility index (Phi) is 68.8. The molecule has 0 bridgehead atoms. The van der Waals surface area contributed by atoms with E-state index in [1.54, 1.807) is 0 Å². The van der Waals surface area contributed by atoms with Crippen LogP contribution in [0.25, 0.3) is 0 Å². The van der Waals surface area contributed by atoms with E-state index in [1.807, 2.05) is 0 Å². The zero-order valence-electron chi connectivity index (χ0n) is 62.7.